The van der Waals surface area contributed by atoms with Gasteiger partial charge in [0, 0.05) is 19.6 Å². The van der Waals surface area contributed by atoms with Gasteiger partial charge >= 0.3 is 0 Å². The third-order valence-corrected chi connectivity index (χ3v) is 4.21. The van der Waals surface area contributed by atoms with Crippen molar-refractivity contribution in [1.82, 2.24) is 25.1 Å². The number of anilines is 1. The van der Waals surface area contributed by atoms with E-state index < -0.39 is 5.82 Å². The van der Waals surface area contributed by atoms with Crippen LogP contribution in [-0.4, -0.2) is 57.2 Å². The number of halogens is 2. The van der Waals surface area contributed by atoms with E-state index in [0.717, 1.165) is 6.42 Å². The molecule has 3 N–H and O–H groups in total. The number of tetrazole rings is 1. The quantitative estimate of drug-likeness (QED) is 0.547. The molecule has 0 atom stereocenters. The van der Waals surface area contributed by atoms with Crippen LogP contribution >= 0.6 is 12.4 Å². The lowest BCUT2D eigenvalue weighted by molar-refractivity contribution is -0.117. The van der Waals surface area contributed by atoms with E-state index in [0.29, 0.717) is 25.3 Å². The summed E-state index contributed by atoms with van der Waals surface area (Å²) < 4.78 is 15.5. The third-order valence-electron chi connectivity index (χ3n) is 4.21. The van der Waals surface area contributed by atoms with Crippen LogP contribution in [0.4, 0.5) is 10.1 Å². The number of nitrogens with one attached hydrogen (secondary N) is 1. The van der Waals surface area contributed by atoms with E-state index in [9.17, 15) is 9.18 Å². The minimum atomic E-state index is -0.528. The van der Waals surface area contributed by atoms with Crippen LogP contribution in [-0.2, 0) is 11.2 Å². The van der Waals surface area contributed by atoms with Crippen LogP contribution < -0.4 is 11.1 Å². The SMILES string of the molecule is Cl.NCCN(CCc1ccccc1)CC(=O)Nc1cc(-n2cnnn2)ccc1F. The summed E-state index contributed by atoms with van der Waals surface area (Å²) in [6, 6.07) is 14.3. The van der Waals surface area contributed by atoms with Crippen LogP contribution in [0.2, 0.25) is 0 Å². The van der Waals surface area contributed by atoms with Gasteiger partial charge in [-0.25, -0.2) is 9.07 Å². The van der Waals surface area contributed by atoms with Gasteiger partial charge in [-0.2, -0.15) is 0 Å². The molecule has 1 heterocycles. The summed E-state index contributed by atoms with van der Waals surface area (Å²) in [7, 11) is 0. The topological polar surface area (TPSA) is 102 Å². The summed E-state index contributed by atoms with van der Waals surface area (Å²) in [5.74, 6) is -0.839. The van der Waals surface area contributed by atoms with Gasteiger partial charge in [0.15, 0.2) is 0 Å². The van der Waals surface area contributed by atoms with E-state index in [2.05, 4.69) is 20.8 Å². The predicted octanol–water partition coefficient (Wildman–Crippen LogP) is 1.67. The normalized spacial score (nSPS) is 10.6. The first-order valence-electron chi connectivity index (χ1n) is 8.95. The van der Waals surface area contributed by atoms with Gasteiger partial charge in [-0.1, -0.05) is 30.3 Å². The monoisotopic (exact) mass is 419 g/mol. The predicted molar refractivity (Wildman–Crippen MR) is 111 cm³/mol. The van der Waals surface area contributed by atoms with Gasteiger partial charge in [0.1, 0.15) is 12.1 Å². The van der Waals surface area contributed by atoms with Gasteiger partial charge in [0.25, 0.3) is 0 Å². The molecule has 0 fully saturated rings. The van der Waals surface area contributed by atoms with E-state index in [1.54, 1.807) is 0 Å². The summed E-state index contributed by atoms with van der Waals surface area (Å²) in [4.78, 5) is 14.4. The van der Waals surface area contributed by atoms with Crippen LogP contribution in [0.15, 0.2) is 54.9 Å². The second kappa shape index (κ2) is 11.2. The zero-order valence-corrected chi connectivity index (χ0v) is 16.6. The maximum Gasteiger partial charge on any atom is 0.238 e. The van der Waals surface area contributed by atoms with Crippen molar-refractivity contribution in [2.75, 3.05) is 31.5 Å². The molecule has 3 aromatic rings. The fourth-order valence-electron chi connectivity index (χ4n) is 2.81. The molecule has 8 nitrogen and oxygen atoms in total. The summed E-state index contributed by atoms with van der Waals surface area (Å²) in [5, 5.41) is 13.5. The number of rotatable bonds is 9. The van der Waals surface area contributed by atoms with E-state index in [-0.39, 0.29) is 30.5 Å². The number of nitrogens with zero attached hydrogens (tertiary/aromatic N) is 5. The molecule has 29 heavy (non-hydrogen) atoms. The van der Waals surface area contributed by atoms with Crippen molar-refractivity contribution in [3.63, 3.8) is 0 Å². The van der Waals surface area contributed by atoms with Gasteiger partial charge in [0.2, 0.25) is 5.91 Å². The van der Waals surface area contributed by atoms with E-state index >= 15 is 0 Å². The molecule has 0 saturated heterocycles. The number of hydrogen-bond acceptors (Lipinski definition) is 6. The second-order valence-electron chi connectivity index (χ2n) is 6.27. The number of hydrogen-bond donors (Lipinski definition) is 2. The van der Waals surface area contributed by atoms with Crippen LogP contribution in [0.5, 0.6) is 0 Å². The fraction of sp³-hybridized carbons (Fsp3) is 0.263. The Kier molecular flexibility index (Phi) is 8.66. The minimum absolute atomic E-state index is 0. The molecule has 0 saturated carbocycles. The number of carbonyl (C=O) groups is 1. The Labute approximate surface area is 174 Å². The average molecular weight is 420 g/mol. The van der Waals surface area contributed by atoms with Crippen LogP contribution in [0.25, 0.3) is 5.69 Å². The van der Waals surface area contributed by atoms with Crippen molar-refractivity contribution in [2.24, 2.45) is 5.73 Å². The Bertz CT molecular complexity index is 893. The lowest BCUT2D eigenvalue weighted by atomic mass is 10.1. The Balaban J connectivity index is 0.00000300. The second-order valence-corrected chi connectivity index (χ2v) is 6.27. The molecule has 154 valence electrons. The van der Waals surface area contributed by atoms with E-state index in [1.165, 1.54) is 34.8 Å². The van der Waals surface area contributed by atoms with Crippen molar-refractivity contribution < 1.29 is 9.18 Å². The van der Waals surface area contributed by atoms with Crippen molar-refractivity contribution in [3.05, 3.63) is 66.2 Å². The molecule has 0 unspecified atom stereocenters. The molecule has 0 spiro atoms. The molecule has 1 aromatic heterocycles. The minimum Gasteiger partial charge on any atom is -0.329 e. The van der Waals surface area contributed by atoms with Gasteiger partial charge in [-0.3, -0.25) is 9.69 Å². The fourth-order valence-corrected chi connectivity index (χ4v) is 2.81. The maximum atomic E-state index is 14.1. The summed E-state index contributed by atoms with van der Waals surface area (Å²) >= 11 is 0. The van der Waals surface area contributed by atoms with Gasteiger partial charge in [0.05, 0.1) is 17.9 Å². The molecular formula is C19H23ClFN7O. The largest absolute Gasteiger partial charge is 0.329 e. The lowest BCUT2D eigenvalue weighted by Crippen LogP contribution is -2.38. The van der Waals surface area contributed by atoms with Crippen molar-refractivity contribution in [1.29, 1.82) is 0 Å². The highest BCUT2D eigenvalue weighted by Gasteiger charge is 2.13. The first-order chi connectivity index (χ1) is 13.7. The van der Waals surface area contributed by atoms with Crippen LogP contribution in [0, 0.1) is 5.82 Å². The Hall–Kier alpha value is -2.88. The third kappa shape index (κ3) is 6.60. The number of carbonyl (C=O) groups excluding carboxylic acids is 1. The first kappa shape index (κ1) is 22.4. The summed E-state index contributed by atoms with van der Waals surface area (Å²) in [6.45, 7) is 1.82. The average Bonchev–Trinajstić information content (AvgIpc) is 3.24. The summed E-state index contributed by atoms with van der Waals surface area (Å²) in [5.41, 5.74) is 7.48. The first-order valence-corrected chi connectivity index (χ1v) is 8.95. The number of amides is 1. The summed E-state index contributed by atoms with van der Waals surface area (Å²) in [6.07, 6.45) is 2.20. The Morgan fingerprint density at radius 1 is 1.17 bits per heavy atom. The number of benzene rings is 2. The van der Waals surface area contributed by atoms with Crippen molar-refractivity contribution in [2.45, 2.75) is 6.42 Å². The molecule has 0 aliphatic carbocycles. The molecule has 0 bridgehead atoms. The van der Waals surface area contributed by atoms with Crippen LogP contribution in [0.1, 0.15) is 5.56 Å². The molecule has 1 amide bonds. The zero-order valence-electron chi connectivity index (χ0n) is 15.7. The molecule has 0 radical (unpaired) electrons. The maximum absolute atomic E-state index is 14.1. The lowest BCUT2D eigenvalue weighted by Gasteiger charge is -2.21. The highest BCUT2D eigenvalue weighted by atomic mass is 35.5. The van der Waals surface area contributed by atoms with Gasteiger partial charge in [-0.05, 0) is 40.6 Å². The standard InChI is InChI=1S/C19H22FN7O.ClH/c20-17-7-6-16(27-14-22-24-25-27)12-18(17)23-19(28)13-26(11-9-21)10-8-15-4-2-1-3-5-15;/h1-7,12,14H,8-11,13,21H2,(H,23,28);1H. The van der Waals surface area contributed by atoms with E-state index in [4.69, 9.17) is 5.73 Å². The molecule has 0 aliphatic rings. The van der Waals surface area contributed by atoms with Gasteiger partial charge in [-0.15, -0.1) is 17.5 Å². The molecule has 2 aromatic carbocycles. The molecular weight excluding hydrogens is 397 g/mol. The Morgan fingerprint density at radius 3 is 2.66 bits per heavy atom. The van der Waals surface area contributed by atoms with Crippen molar-refractivity contribution >= 4 is 24.0 Å². The molecule has 0 aliphatic heterocycles. The smallest absolute Gasteiger partial charge is 0.238 e. The molecule has 10 heteroatoms. The van der Waals surface area contributed by atoms with Crippen LogP contribution in [0.3, 0.4) is 0 Å². The van der Waals surface area contributed by atoms with E-state index in [1.807, 2.05) is 35.2 Å². The van der Waals surface area contributed by atoms with Crippen molar-refractivity contribution in [3.8, 4) is 5.69 Å². The van der Waals surface area contributed by atoms with Gasteiger partial charge < -0.3 is 11.1 Å². The number of aromatic nitrogens is 4. The number of nitrogens with two attached hydrogens (primary N) is 1. The molecule has 3 rings (SSSR count). The Morgan fingerprint density at radius 2 is 1.97 bits per heavy atom. The highest BCUT2D eigenvalue weighted by Crippen LogP contribution is 2.18. The highest BCUT2D eigenvalue weighted by molar-refractivity contribution is 5.92. The zero-order chi connectivity index (χ0) is 19.8.